The van der Waals surface area contributed by atoms with Crippen LogP contribution in [-0.2, 0) is 16.8 Å². The number of benzene rings is 1. The lowest BCUT2D eigenvalue weighted by atomic mass is 9.95. The fourth-order valence-electron chi connectivity index (χ4n) is 2.51. The standard InChI is InChI=1S/C17H17ClN2O/c1-12-5-6-13(10-19-12)11-20-16(21)17(7-8-17)14-3-2-4-15(18)9-14/h2-6,9-10H,7-8,11H2,1H3,(H,20,21). The number of hydrogen-bond donors (Lipinski definition) is 1. The molecular weight excluding hydrogens is 284 g/mol. The quantitative estimate of drug-likeness (QED) is 0.940. The molecule has 1 heterocycles. The lowest BCUT2D eigenvalue weighted by molar-refractivity contribution is -0.123. The minimum absolute atomic E-state index is 0.0744. The van der Waals surface area contributed by atoms with E-state index in [-0.39, 0.29) is 11.3 Å². The lowest BCUT2D eigenvalue weighted by Crippen LogP contribution is -2.34. The SMILES string of the molecule is Cc1ccc(CNC(=O)C2(c3cccc(Cl)c3)CC2)cn1. The van der Waals surface area contributed by atoms with Crippen LogP contribution in [-0.4, -0.2) is 10.9 Å². The number of aryl methyl sites for hydroxylation is 1. The fraction of sp³-hybridized carbons (Fsp3) is 0.294. The molecular formula is C17H17ClN2O. The van der Waals surface area contributed by atoms with Gasteiger partial charge in [0.05, 0.1) is 5.41 Å². The molecule has 0 unspecified atom stereocenters. The first-order valence-corrected chi connectivity index (χ1v) is 7.44. The van der Waals surface area contributed by atoms with E-state index in [9.17, 15) is 4.79 Å². The van der Waals surface area contributed by atoms with Gasteiger partial charge in [0.15, 0.2) is 0 Å². The van der Waals surface area contributed by atoms with E-state index in [0.29, 0.717) is 11.6 Å². The highest BCUT2D eigenvalue weighted by Gasteiger charge is 2.51. The van der Waals surface area contributed by atoms with Crippen molar-refractivity contribution < 1.29 is 4.79 Å². The summed E-state index contributed by atoms with van der Waals surface area (Å²) in [5.41, 5.74) is 2.61. The van der Waals surface area contributed by atoms with Gasteiger partial charge >= 0.3 is 0 Å². The zero-order chi connectivity index (χ0) is 14.9. The highest BCUT2D eigenvalue weighted by Crippen LogP contribution is 2.48. The summed E-state index contributed by atoms with van der Waals surface area (Å²) in [6, 6.07) is 11.5. The minimum Gasteiger partial charge on any atom is -0.351 e. The summed E-state index contributed by atoms with van der Waals surface area (Å²) in [5, 5.41) is 3.69. The molecule has 21 heavy (non-hydrogen) atoms. The Bertz CT molecular complexity index is 663. The van der Waals surface area contributed by atoms with Gasteiger partial charge in [-0.3, -0.25) is 9.78 Å². The predicted molar refractivity (Wildman–Crippen MR) is 83.2 cm³/mol. The van der Waals surface area contributed by atoms with Gasteiger partial charge in [-0.15, -0.1) is 0 Å². The van der Waals surface area contributed by atoms with Crippen LogP contribution in [0.1, 0.15) is 29.7 Å². The second kappa shape index (κ2) is 5.49. The molecule has 108 valence electrons. The Morgan fingerprint density at radius 1 is 1.33 bits per heavy atom. The van der Waals surface area contributed by atoms with Gasteiger partial charge in [0, 0.05) is 23.5 Å². The lowest BCUT2D eigenvalue weighted by Gasteiger charge is -2.16. The molecule has 0 saturated heterocycles. The molecule has 1 aliphatic rings. The van der Waals surface area contributed by atoms with Crippen LogP contribution in [0.5, 0.6) is 0 Å². The average molecular weight is 301 g/mol. The second-order valence-corrected chi connectivity index (χ2v) is 6.02. The minimum atomic E-state index is -0.386. The molecule has 0 aliphatic heterocycles. The molecule has 1 N–H and O–H groups in total. The zero-order valence-corrected chi connectivity index (χ0v) is 12.7. The summed E-state index contributed by atoms with van der Waals surface area (Å²) in [6.45, 7) is 2.45. The summed E-state index contributed by atoms with van der Waals surface area (Å²) in [6.07, 6.45) is 3.56. The number of carbonyl (C=O) groups is 1. The Morgan fingerprint density at radius 2 is 2.14 bits per heavy atom. The van der Waals surface area contributed by atoms with Crippen LogP contribution in [0.2, 0.25) is 5.02 Å². The van der Waals surface area contributed by atoms with Crippen molar-refractivity contribution in [1.29, 1.82) is 0 Å². The third kappa shape index (κ3) is 2.93. The molecule has 1 aliphatic carbocycles. The molecule has 0 atom stereocenters. The van der Waals surface area contributed by atoms with E-state index in [1.165, 1.54) is 0 Å². The zero-order valence-electron chi connectivity index (χ0n) is 11.9. The Kier molecular flexibility index (Phi) is 3.68. The van der Waals surface area contributed by atoms with E-state index < -0.39 is 0 Å². The van der Waals surface area contributed by atoms with Crippen molar-refractivity contribution >= 4 is 17.5 Å². The summed E-state index contributed by atoms with van der Waals surface area (Å²) in [4.78, 5) is 16.7. The van der Waals surface area contributed by atoms with E-state index in [1.807, 2.05) is 43.3 Å². The number of aromatic nitrogens is 1. The molecule has 1 aromatic heterocycles. The first-order chi connectivity index (χ1) is 10.1. The summed E-state index contributed by atoms with van der Waals surface area (Å²) < 4.78 is 0. The smallest absolute Gasteiger partial charge is 0.230 e. The molecule has 3 nitrogen and oxygen atoms in total. The van der Waals surface area contributed by atoms with Gasteiger partial charge in [0.2, 0.25) is 5.91 Å². The van der Waals surface area contributed by atoms with Crippen LogP contribution in [0.25, 0.3) is 0 Å². The van der Waals surface area contributed by atoms with Crippen LogP contribution in [0.4, 0.5) is 0 Å². The van der Waals surface area contributed by atoms with Gasteiger partial charge in [0.1, 0.15) is 0 Å². The van der Waals surface area contributed by atoms with E-state index >= 15 is 0 Å². The Balaban J connectivity index is 1.69. The van der Waals surface area contributed by atoms with Crippen molar-refractivity contribution in [2.24, 2.45) is 0 Å². The molecule has 1 amide bonds. The van der Waals surface area contributed by atoms with Crippen molar-refractivity contribution in [2.45, 2.75) is 31.7 Å². The summed E-state index contributed by atoms with van der Waals surface area (Å²) in [5.74, 6) is 0.0744. The molecule has 1 aromatic carbocycles. The van der Waals surface area contributed by atoms with Crippen LogP contribution < -0.4 is 5.32 Å². The number of nitrogens with zero attached hydrogens (tertiary/aromatic N) is 1. The highest BCUT2D eigenvalue weighted by atomic mass is 35.5. The molecule has 0 spiro atoms. The van der Waals surface area contributed by atoms with Crippen LogP contribution in [0.15, 0.2) is 42.6 Å². The topological polar surface area (TPSA) is 42.0 Å². The molecule has 3 rings (SSSR count). The number of pyridine rings is 1. The first kappa shape index (κ1) is 14.1. The maximum Gasteiger partial charge on any atom is 0.230 e. The van der Waals surface area contributed by atoms with Crippen molar-refractivity contribution in [2.75, 3.05) is 0 Å². The highest BCUT2D eigenvalue weighted by molar-refractivity contribution is 6.30. The van der Waals surface area contributed by atoms with Gasteiger partial charge in [-0.1, -0.05) is 29.8 Å². The van der Waals surface area contributed by atoms with Crippen LogP contribution >= 0.6 is 11.6 Å². The van der Waals surface area contributed by atoms with E-state index in [0.717, 1.165) is 29.7 Å². The van der Waals surface area contributed by atoms with Crippen molar-refractivity contribution in [1.82, 2.24) is 10.3 Å². The number of nitrogens with one attached hydrogen (secondary N) is 1. The summed E-state index contributed by atoms with van der Waals surface area (Å²) >= 11 is 6.03. The van der Waals surface area contributed by atoms with Crippen molar-refractivity contribution in [3.05, 3.63) is 64.4 Å². The number of carbonyl (C=O) groups excluding carboxylic acids is 1. The Labute approximate surface area is 129 Å². The number of hydrogen-bond acceptors (Lipinski definition) is 2. The van der Waals surface area contributed by atoms with Crippen LogP contribution in [0.3, 0.4) is 0 Å². The number of halogens is 1. The fourth-order valence-corrected chi connectivity index (χ4v) is 2.70. The van der Waals surface area contributed by atoms with Gasteiger partial charge in [-0.25, -0.2) is 0 Å². The monoisotopic (exact) mass is 300 g/mol. The Hall–Kier alpha value is -1.87. The molecule has 0 bridgehead atoms. The van der Waals surface area contributed by atoms with Crippen LogP contribution in [0, 0.1) is 6.92 Å². The third-order valence-corrected chi connectivity index (χ3v) is 4.22. The normalized spacial score (nSPS) is 15.5. The third-order valence-electron chi connectivity index (χ3n) is 3.99. The molecule has 1 fully saturated rings. The van der Waals surface area contributed by atoms with Crippen molar-refractivity contribution in [3.8, 4) is 0 Å². The number of rotatable bonds is 4. The molecule has 2 aromatic rings. The number of amides is 1. The van der Waals surface area contributed by atoms with E-state index in [4.69, 9.17) is 11.6 Å². The summed E-state index contributed by atoms with van der Waals surface area (Å²) in [7, 11) is 0. The molecule has 1 saturated carbocycles. The van der Waals surface area contributed by atoms with Gasteiger partial charge in [-0.2, -0.15) is 0 Å². The second-order valence-electron chi connectivity index (χ2n) is 5.58. The Morgan fingerprint density at radius 3 is 2.76 bits per heavy atom. The molecule has 0 radical (unpaired) electrons. The largest absolute Gasteiger partial charge is 0.351 e. The van der Waals surface area contributed by atoms with Gasteiger partial charge in [0.25, 0.3) is 0 Å². The van der Waals surface area contributed by atoms with Crippen molar-refractivity contribution in [3.63, 3.8) is 0 Å². The average Bonchev–Trinajstić information content (AvgIpc) is 3.28. The molecule has 4 heteroatoms. The van der Waals surface area contributed by atoms with Gasteiger partial charge in [-0.05, 0) is 49.1 Å². The predicted octanol–water partition coefficient (Wildman–Crippen LogP) is 3.39. The maximum atomic E-state index is 12.5. The van der Waals surface area contributed by atoms with E-state index in [1.54, 1.807) is 6.20 Å². The van der Waals surface area contributed by atoms with Gasteiger partial charge < -0.3 is 5.32 Å². The van der Waals surface area contributed by atoms with E-state index in [2.05, 4.69) is 10.3 Å². The first-order valence-electron chi connectivity index (χ1n) is 7.06. The maximum absolute atomic E-state index is 12.5.